The molecule has 1 saturated carbocycles. The van der Waals surface area contributed by atoms with E-state index in [-0.39, 0.29) is 23.0 Å². The molecule has 0 aromatic rings. The maximum absolute atomic E-state index is 12.4. The van der Waals surface area contributed by atoms with Crippen LogP contribution in [0.4, 0.5) is 0 Å². The maximum Gasteiger partial charge on any atom is 0.161 e. The van der Waals surface area contributed by atoms with Crippen molar-refractivity contribution in [2.24, 2.45) is 22.7 Å². The van der Waals surface area contributed by atoms with Crippen LogP contribution < -0.4 is 0 Å². The average Bonchev–Trinajstić information content (AvgIpc) is 2.89. The van der Waals surface area contributed by atoms with Gasteiger partial charge in [0.05, 0.1) is 18.1 Å². The molecule has 138 valence electrons. The van der Waals surface area contributed by atoms with E-state index >= 15 is 0 Å². The van der Waals surface area contributed by atoms with Crippen molar-refractivity contribution < 1.29 is 9.90 Å². The van der Waals surface area contributed by atoms with Crippen LogP contribution in [0.1, 0.15) is 65.7 Å². The highest BCUT2D eigenvalue weighted by molar-refractivity contribution is 5.97. The zero-order valence-corrected chi connectivity index (χ0v) is 16.1. The normalized spacial score (nSPS) is 40.4. The Morgan fingerprint density at radius 3 is 2.81 bits per heavy atom. The first-order valence-corrected chi connectivity index (χ1v) is 10.0. The lowest BCUT2D eigenvalue weighted by atomic mass is 9.55. The van der Waals surface area contributed by atoms with Gasteiger partial charge in [0.15, 0.2) is 5.78 Å². The number of nitrogens with zero attached hydrogens (tertiary/aromatic N) is 1. The van der Waals surface area contributed by atoms with Gasteiger partial charge in [0.2, 0.25) is 0 Å². The highest BCUT2D eigenvalue weighted by atomic mass is 16.3. The Bertz CT molecular complexity index is 794. The van der Waals surface area contributed by atoms with Crippen molar-refractivity contribution in [3.8, 4) is 6.07 Å². The molecule has 4 aliphatic carbocycles. The van der Waals surface area contributed by atoms with Crippen LogP contribution in [0.15, 0.2) is 34.9 Å². The van der Waals surface area contributed by atoms with Gasteiger partial charge in [0.1, 0.15) is 0 Å². The van der Waals surface area contributed by atoms with Crippen molar-refractivity contribution in [1.29, 1.82) is 5.26 Å². The number of hydrogen-bond donors (Lipinski definition) is 1. The average molecular weight is 351 g/mol. The van der Waals surface area contributed by atoms with Crippen LogP contribution >= 0.6 is 0 Å². The molecule has 0 bridgehead atoms. The molecule has 1 fully saturated rings. The summed E-state index contributed by atoms with van der Waals surface area (Å²) in [7, 11) is 0. The minimum atomic E-state index is -0.897. The fraction of sp³-hybridized carbons (Fsp3) is 0.652. The monoisotopic (exact) mass is 351 g/mol. The first-order valence-electron chi connectivity index (χ1n) is 10.0. The third-order valence-electron chi connectivity index (χ3n) is 7.85. The van der Waals surface area contributed by atoms with Crippen LogP contribution in [0.25, 0.3) is 0 Å². The molecule has 1 N–H and O–H groups in total. The van der Waals surface area contributed by atoms with Crippen LogP contribution in [0.5, 0.6) is 0 Å². The van der Waals surface area contributed by atoms with Gasteiger partial charge in [-0.05, 0) is 73.2 Å². The van der Waals surface area contributed by atoms with E-state index in [0.29, 0.717) is 11.8 Å². The SMILES string of the molecule is CC[C@]12C=CC3=C4CC(C)(C)C(=O)C=C4CC[C@H]3[C@@H]1CC[C@@]2(O)CC#N. The molecule has 3 heteroatoms. The predicted molar refractivity (Wildman–Crippen MR) is 101 cm³/mol. The molecule has 0 radical (unpaired) electrons. The number of fused-ring (bicyclic) bond motifs is 4. The van der Waals surface area contributed by atoms with Crippen molar-refractivity contribution in [2.75, 3.05) is 0 Å². The molecule has 0 unspecified atom stereocenters. The molecular weight excluding hydrogens is 322 g/mol. The number of hydrogen-bond acceptors (Lipinski definition) is 3. The fourth-order valence-corrected chi connectivity index (χ4v) is 6.33. The number of rotatable bonds is 2. The van der Waals surface area contributed by atoms with E-state index in [0.717, 1.165) is 38.5 Å². The standard InChI is InChI=1S/C23H29NO2/c1-4-22-9-7-16-17(19(22)8-10-23(22,26)11-12-24)6-5-15-13-20(25)21(2,3)14-18(15)16/h7,9,13,17,19,26H,4-6,8,10-11,14H2,1-3H3/t17-,19+,22+,23-/m1/s1. The second kappa shape index (κ2) is 5.67. The van der Waals surface area contributed by atoms with Gasteiger partial charge in [-0.25, -0.2) is 0 Å². The van der Waals surface area contributed by atoms with Crippen LogP contribution in [0, 0.1) is 34.0 Å². The summed E-state index contributed by atoms with van der Waals surface area (Å²) in [6, 6.07) is 2.23. The van der Waals surface area contributed by atoms with Gasteiger partial charge in [-0.1, -0.05) is 32.9 Å². The van der Waals surface area contributed by atoms with Crippen molar-refractivity contribution in [3.05, 3.63) is 34.9 Å². The third-order valence-corrected chi connectivity index (χ3v) is 7.85. The Morgan fingerprint density at radius 1 is 1.35 bits per heavy atom. The second-order valence-corrected chi connectivity index (χ2v) is 9.41. The van der Waals surface area contributed by atoms with Crippen molar-refractivity contribution in [2.45, 2.75) is 71.3 Å². The number of carbonyl (C=O) groups excluding carboxylic acids is 1. The highest BCUT2D eigenvalue weighted by Gasteiger charge is 2.60. The molecule has 0 aromatic heterocycles. The first kappa shape index (κ1) is 17.7. The fourth-order valence-electron chi connectivity index (χ4n) is 6.33. The van der Waals surface area contributed by atoms with Crippen LogP contribution in [-0.4, -0.2) is 16.5 Å². The molecule has 3 nitrogen and oxygen atoms in total. The maximum atomic E-state index is 12.4. The van der Waals surface area contributed by atoms with Gasteiger partial charge in [0.25, 0.3) is 0 Å². The minimum absolute atomic E-state index is 0.215. The summed E-state index contributed by atoms with van der Waals surface area (Å²) in [6.45, 7) is 6.24. The molecule has 0 spiro atoms. The summed E-state index contributed by atoms with van der Waals surface area (Å²) in [5.41, 5.74) is 2.52. The van der Waals surface area contributed by atoms with Gasteiger partial charge in [-0.15, -0.1) is 0 Å². The van der Waals surface area contributed by atoms with E-state index in [9.17, 15) is 15.2 Å². The minimum Gasteiger partial charge on any atom is -0.388 e. The summed E-state index contributed by atoms with van der Waals surface area (Å²) >= 11 is 0. The summed E-state index contributed by atoms with van der Waals surface area (Å²) < 4.78 is 0. The molecule has 0 amide bonds. The molecular formula is C23H29NO2. The summed E-state index contributed by atoms with van der Waals surface area (Å²) in [5.74, 6) is 1.10. The topological polar surface area (TPSA) is 61.1 Å². The van der Waals surface area contributed by atoms with Crippen LogP contribution in [-0.2, 0) is 4.79 Å². The molecule has 0 saturated heterocycles. The first-order chi connectivity index (χ1) is 12.3. The third kappa shape index (κ3) is 2.18. The molecule has 4 rings (SSSR count). The molecule has 4 atom stereocenters. The summed E-state index contributed by atoms with van der Waals surface area (Å²) in [5, 5.41) is 20.6. The van der Waals surface area contributed by atoms with E-state index in [1.807, 2.05) is 19.9 Å². The Labute approximate surface area is 156 Å². The number of nitriles is 1. The number of aliphatic hydroxyl groups is 1. The largest absolute Gasteiger partial charge is 0.388 e. The number of allylic oxidation sites excluding steroid dienone is 5. The Kier molecular flexibility index (Phi) is 3.87. The smallest absolute Gasteiger partial charge is 0.161 e. The molecule has 0 aliphatic heterocycles. The van der Waals surface area contributed by atoms with Crippen molar-refractivity contribution in [3.63, 3.8) is 0 Å². The van der Waals surface area contributed by atoms with Gasteiger partial charge in [-0.3, -0.25) is 4.79 Å². The van der Waals surface area contributed by atoms with E-state index < -0.39 is 5.60 Å². The molecule has 26 heavy (non-hydrogen) atoms. The predicted octanol–water partition coefficient (Wildman–Crippen LogP) is 4.64. The lowest BCUT2D eigenvalue weighted by molar-refractivity contribution is -0.122. The van der Waals surface area contributed by atoms with Gasteiger partial charge < -0.3 is 5.11 Å². The molecule has 0 heterocycles. The summed E-state index contributed by atoms with van der Waals surface area (Å²) in [6.07, 6.45) is 12.0. The van der Waals surface area contributed by atoms with Gasteiger partial charge >= 0.3 is 0 Å². The summed E-state index contributed by atoms with van der Waals surface area (Å²) in [4.78, 5) is 12.4. The van der Waals surface area contributed by atoms with Crippen molar-refractivity contribution >= 4 is 5.78 Å². The van der Waals surface area contributed by atoms with Crippen molar-refractivity contribution in [1.82, 2.24) is 0 Å². The van der Waals surface area contributed by atoms with E-state index in [1.165, 1.54) is 16.7 Å². The van der Waals surface area contributed by atoms with Gasteiger partial charge in [-0.2, -0.15) is 5.26 Å². The van der Waals surface area contributed by atoms with Crippen LogP contribution in [0.3, 0.4) is 0 Å². The molecule has 0 aromatic carbocycles. The Morgan fingerprint density at radius 2 is 2.12 bits per heavy atom. The lowest BCUT2D eigenvalue weighted by Crippen LogP contribution is -2.49. The lowest BCUT2D eigenvalue weighted by Gasteiger charge is -2.50. The number of ketones is 1. The zero-order valence-electron chi connectivity index (χ0n) is 16.1. The Hall–Kier alpha value is -1.66. The highest BCUT2D eigenvalue weighted by Crippen LogP contribution is 2.63. The van der Waals surface area contributed by atoms with Crippen LogP contribution in [0.2, 0.25) is 0 Å². The van der Waals surface area contributed by atoms with E-state index in [1.54, 1.807) is 0 Å². The quantitative estimate of drug-likeness (QED) is 0.788. The Balaban J connectivity index is 1.83. The van der Waals surface area contributed by atoms with Gasteiger partial charge in [0, 0.05) is 10.8 Å². The van der Waals surface area contributed by atoms with E-state index in [2.05, 4.69) is 25.1 Å². The zero-order chi connectivity index (χ0) is 18.7. The number of carbonyl (C=O) groups is 1. The molecule has 4 aliphatic rings. The van der Waals surface area contributed by atoms with E-state index in [4.69, 9.17) is 0 Å². The second-order valence-electron chi connectivity index (χ2n) is 9.41.